The molecule has 1 N–H and O–H groups in total. The predicted molar refractivity (Wildman–Crippen MR) is 50.8 cm³/mol. The molecular formula is C9H18N2O2. The highest BCUT2D eigenvalue weighted by molar-refractivity contribution is 5.77. The van der Waals surface area contributed by atoms with Crippen LogP contribution in [0.4, 0.5) is 0 Å². The number of ether oxygens (including phenoxy) is 1. The van der Waals surface area contributed by atoms with Gasteiger partial charge in [0.1, 0.15) is 5.78 Å². The van der Waals surface area contributed by atoms with Gasteiger partial charge in [0.05, 0.1) is 19.8 Å². The first-order valence-corrected chi connectivity index (χ1v) is 4.79. The molecule has 0 unspecified atom stereocenters. The van der Waals surface area contributed by atoms with Crippen molar-refractivity contribution in [1.82, 2.24) is 10.2 Å². The van der Waals surface area contributed by atoms with E-state index in [9.17, 15) is 4.79 Å². The number of hydrogen-bond acceptors (Lipinski definition) is 4. The number of ketones is 1. The Labute approximate surface area is 79.2 Å². The average molecular weight is 186 g/mol. The van der Waals surface area contributed by atoms with Gasteiger partial charge in [0.25, 0.3) is 0 Å². The molecule has 1 rings (SSSR count). The molecule has 1 fully saturated rings. The van der Waals surface area contributed by atoms with E-state index in [0.29, 0.717) is 6.54 Å². The number of carbonyl (C=O) groups excluding carboxylic acids is 1. The third kappa shape index (κ3) is 4.98. The monoisotopic (exact) mass is 186 g/mol. The Morgan fingerprint density at radius 3 is 2.77 bits per heavy atom. The van der Waals surface area contributed by atoms with Crippen LogP contribution in [0.3, 0.4) is 0 Å². The molecule has 0 atom stereocenters. The maximum atomic E-state index is 10.6. The molecule has 76 valence electrons. The van der Waals surface area contributed by atoms with Gasteiger partial charge in [0, 0.05) is 26.2 Å². The molecule has 0 spiro atoms. The van der Waals surface area contributed by atoms with E-state index in [2.05, 4.69) is 10.2 Å². The zero-order valence-electron chi connectivity index (χ0n) is 8.21. The van der Waals surface area contributed by atoms with Gasteiger partial charge in [-0.3, -0.25) is 9.69 Å². The number of carbonyl (C=O) groups is 1. The number of morpholine rings is 1. The Bertz CT molecular complexity index is 156. The highest BCUT2D eigenvalue weighted by Crippen LogP contribution is 1.94. The fourth-order valence-electron chi connectivity index (χ4n) is 1.33. The number of Topliss-reactive ketones (excluding diaryl/α,β-unsaturated/α-hetero) is 1. The lowest BCUT2D eigenvalue weighted by Gasteiger charge is -2.26. The Morgan fingerprint density at radius 1 is 1.46 bits per heavy atom. The molecular weight excluding hydrogens is 168 g/mol. The number of rotatable bonds is 5. The van der Waals surface area contributed by atoms with Crippen LogP contribution < -0.4 is 5.32 Å². The molecule has 0 aromatic rings. The molecule has 4 nitrogen and oxygen atoms in total. The summed E-state index contributed by atoms with van der Waals surface area (Å²) in [6, 6.07) is 0. The van der Waals surface area contributed by atoms with E-state index in [1.165, 1.54) is 0 Å². The van der Waals surface area contributed by atoms with Crippen LogP contribution in [0, 0.1) is 0 Å². The summed E-state index contributed by atoms with van der Waals surface area (Å²) in [6.45, 7) is 7.70. The van der Waals surface area contributed by atoms with Crippen LogP contribution in [0.1, 0.15) is 6.92 Å². The summed E-state index contributed by atoms with van der Waals surface area (Å²) in [6.07, 6.45) is 0. The third-order valence-electron chi connectivity index (χ3n) is 2.08. The van der Waals surface area contributed by atoms with Gasteiger partial charge < -0.3 is 10.1 Å². The maximum absolute atomic E-state index is 10.6. The standard InChI is InChI=1S/C9H18N2O2/c1-9(12)8-10-2-3-11-4-6-13-7-5-11/h10H,2-8H2,1H3. The molecule has 0 aromatic heterocycles. The molecule has 0 amide bonds. The zero-order chi connectivity index (χ0) is 9.52. The summed E-state index contributed by atoms with van der Waals surface area (Å²) in [5, 5.41) is 3.10. The van der Waals surface area contributed by atoms with Crippen LogP contribution >= 0.6 is 0 Å². The first-order chi connectivity index (χ1) is 6.29. The molecule has 1 saturated heterocycles. The van der Waals surface area contributed by atoms with Gasteiger partial charge in [-0.05, 0) is 6.92 Å². The van der Waals surface area contributed by atoms with E-state index in [0.717, 1.165) is 39.4 Å². The fourth-order valence-corrected chi connectivity index (χ4v) is 1.33. The molecule has 1 aliphatic rings. The van der Waals surface area contributed by atoms with Crippen molar-refractivity contribution >= 4 is 5.78 Å². The highest BCUT2D eigenvalue weighted by atomic mass is 16.5. The van der Waals surface area contributed by atoms with Gasteiger partial charge in [0.15, 0.2) is 0 Å². The second kappa shape index (κ2) is 6.07. The van der Waals surface area contributed by atoms with Crippen LogP contribution in [0.25, 0.3) is 0 Å². The number of nitrogens with zero attached hydrogens (tertiary/aromatic N) is 1. The van der Waals surface area contributed by atoms with E-state index in [-0.39, 0.29) is 5.78 Å². The van der Waals surface area contributed by atoms with Crippen molar-refractivity contribution in [3.63, 3.8) is 0 Å². The lowest BCUT2D eigenvalue weighted by Crippen LogP contribution is -2.40. The van der Waals surface area contributed by atoms with Gasteiger partial charge in [-0.25, -0.2) is 0 Å². The molecule has 0 saturated carbocycles. The number of hydrogen-bond donors (Lipinski definition) is 1. The predicted octanol–water partition coefficient (Wildman–Crippen LogP) is -0.503. The van der Waals surface area contributed by atoms with Crippen LogP contribution in [0.15, 0.2) is 0 Å². The molecule has 0 bridgehead atoms. The van der Waals surface area contributed by atoms with E-state index < -0.39 is 0 Å². The molecule has 4 heteroatoms. The number of nitrogens with one attached hydrogen (secondary N) is 1. The summed E-state index contributed by atoms with van der Waals surface area (Å²) >= 11 is 0. The molecule has 1 heterocycles. The summed E-state index contributed by atoms with van der Waals surface area (Å²) < 4.78 is 5.23. The van der Waals surface area contributed by atoms with Crippen molar-refractivity contribution in [1.29, 1.82) is 0 Å². The first kappa shape index (κ1) is 10.6. The van der Waals surface area contributed by atoms with Crippen molar-refractivity contribution in [2.24, 2.45) is 0 Å². The van der Waals surface area contributed by atoms with Crippen LogP contribution in [-0.4, -0.2) is 56.6 Å². The van der Waals surface area contributed by atoms with Gasteiger partial charge in [-0.2, -0.15) is 0 Å². The van der Waals surface area contributed by atoms with Gasteiger partial charge in [-0.15, -0.1) is 0 Å². The normalized spacial score (nSPS) is 18.8. The maximum Gasteiger partial charge on any atom is 0.143 e. The Morgan fingerprint density at radius 2 is 2.15 bits per heavy atom. The lowest BCUT2D eigenvalue weighted by atomic mass is 10.4. The average Bonchev–Trinajstić information content (AvgIpc) is 2.14. The Balaban J connectivity index is 1.95. The summed E-state index contributed by atoms with van der Waals surface area (Å²) in [7, 11) is 0. The summed E-state index contributed by atoms with van der Waals surface area (Å²) in [5.41, 5.74) is 0. The molecule has 0 aromatic carbocycles. The van der Waals surface area contributed by atoms with E-state index in [1.54, 1.807) is 6.92 Å². The molecule has 0 radical (unpaired) electrons. The van der Waals surface area contributed by atoms with Crippen molar-refractivity contribution in [2.75, 3.05) is 45.9 Å². The minimum Gasteiger partial charge on any atom is -0.379 e. The van der Waals surface area contributed by atoms with Crippen LogP contribution in [-0.2, 0) is 9.53 Å². The van der Waals surface area contributed by atoms with Crippen molar-refractivity contribution in [3.05, 3.63) is 0 Å². The third-order valence-corrected chi connectivity index (χ3v) is 2.08. The molecule has 0 aliphatic carbocycles. The van der Waals surface area contributed by atoms with E-state index in [1.807, 2.05) is 0 Å². The second-order valence-corrected chi connectivity index (χ2v) is 3.33. The Kier molecular flexibility index (Phi) is 4.97. The Hall–Kier alpha value is -0.450. The SMILES string of the molecule is CC(=O)CNCCN1CCOCC1. The zero-order valence-corrected chi connectivity index (χ0v) is 8.21. The van der Waals surface area contributed by atoms with Crippen molar-refractivity contribution in [3.8, 4) is 0 Å². The lowest BCUT2D eigenvalue weighted by molar-refractivity contribution is -0.116. The fraction of sp³-hybridized carbons (Fsp3) is 0.889. The largest absolute Gasteiger partial charge is 0.379 e. The van der Waals surface area contributed by atoms with E-state index in [4.69, 9.17) is 4.74 Å². The molecule has 13 heavy (non-hydrogen) atoms. The smallest absolute Gasteiger partial charge is 0.143 e. The van der Waals surface area contributed by atoms with Crippen LogP contribution in [0.2, 0.25) is 0 Å². The van der Waals surface area contributed by atoms with Gasteiger partial charge >= 0.3 is 0 Å². The summed E-state index contributed by atoms with van der Waals surface area (Å²) in [5.74, 6) is 0.196. The topological polar surface area (TPSA) is 41.6 Å². The quantitative estimate of drug-likeness (QED) is 0.588. The van der Waals surface area contributed by atoms with Gasteiger partial charge in [0.2, 0.25) is 0 Å². The molecule has 1 aliphatic heterocycles. The second-order valence-electron chi connectivity index (χ2n) is 3.33. The van der Waals surface area contributed by atoms with E-state index >= 15 is 0 Å². The van der Waals surface area contributed by atoms with Crippen molar-refractivity contribution < 1.29 is 9.53 Å². The van der Waals surface area contributed by atoms with Gasteiger partial charge in [-0.1, -0.05) is 0 Å². The first-order valence-electron chi connectivity index (χ1n) is 4.79. The minimum absolute atomic E-state index is 0.196. The minimum atomic E-state index is 0.196. The highest BCUT2D eigenvalue weighted by Gasteiger charge is 2.08. The van der Waals surface area contributed by atoms with Crippen LogP contribution in [0.5, 0.6) is 0 Å². The summed E-state index contributed by atoms with van der Waals surface area (Å²) in [4.78, 5) is 12.9. The van der Waals surface area contributed by atoms with Crippen molar-refractivity contribution in [2.45, 2.75) is 6.92 Å².